The van der Waals surface area contributed by atoms with E-state index in [2.05, 4.69) is 34.4 Å². The highest BCUT2D eigenvalue weighted by molar-refractivity contribution is 5.80. The highest BCUT2D eigenvalue weighted by atomic mass is 16.6. The summed E-state index contributed by atoms with van der Waals surface area (Å²) in [5.41, 5.74) is -0.476. The van der Waals surface area contributed by atoms with Crippen LogP contribution in [0.15, 0.2) is 4.99 Å². The Balaban J connectivity index is 2.31. The summed E-state index contributed by atoms with van der Waals surface area (Å²) in [4.78, 5) is 18.3. The Kier molecular flexibility index (Phi) is 8.31. The lowest BCUT2D eigenvalue weighted by molar-refractivity contribution is 0.0507. The third-order valence-corrected chi connectivity index (χ3v) is 3.40. The van der Waals surface area contributed by atoms with Gasteiger partial charge >= 0.3 is 6.09 Å². The quantitative estimate of drug-likeness (QED) is 0.438. The minimum Gasteiger partial charge on any atom is -0.444 e. The molecule has 140 valence electrons. The van der Waals surface area contributed by atoms with E-state index in [1.807, 2.05) is 20.8 Å². The van der Waals surface area contributed by atoms with Crippen molar-refractivity contribution < 1.29 is 14.3 Å². The summed E-state index contributed by atoms with van der Waals surface area (Å²) in [5.74, 6) is 1.39. The zero-order chi connectivity index (χ0) is 18.2. The fraction of sp³-hybridized carbons (Fsp3) is 0.882. The van der Waals surface area contributed by atoms with Gasteiger partial charge in [0, 0.05) is 33.3 Å². The van der Waals surface area contributed by atoms with Crippen LogP contribution in [0.2, 0.25) is 0 Å². The summed E-state index contributed by atoms with van der Waals surface area (Å²) < 4.78 is 10.9. The minimum absolute atomic E-state index is 0.0793. The van der Waals surface area contributed by atoms with Crippen LogP contribution in [0.3, 0.4) is 0 Å². The van der Waals surface area contributed by atoms with Crippen molar-refractivity contribution in [3.63, 3.8) is 0 Å². The SMILES string of the molecule is CN=C(NCCOCC(C)C)N1CCC(NC(=O)OC(C)(C)C)C1. The Bertz CT molecular complexity index is 419. The number of carbonyl (C=O) groups is 1. The topological polar surface area (TPSA) is 75.2 Å². The number of guanidine groups is 1. The predicted octanol–water partition coefficient (Wildman–Crippen LogP) is 1.83. The molecular weight excluding hydrogens is 308 g/mol. The average molecular weight is 342 g/mol. The number of hydrogen-bond donors (Lipinski definition) is 2. The smallest absolute Gasteiger partial charge is 0.407 e. The van der Waals surface area contributed by atoms with Crippen molar-refractivity contribution in [1.82, 2.24) is 15.5 Å². The summed E-state index contributed by atoms with van der Waals surface area (Å²) in [6, 6.07) is 0.0793. The normalized spacial score (nSPS) is 18.9. The second kappa shape index (κ2) is 9.71. The third kappa shape index (κ3) is 8.38. The van der Waals surface area contributed by atoms with Gasteiger partial charge in [-0.25, -0.2) is 4.79 Å². The zero-order valence-electron chi connectivity index (χ0n) is 16.0. The predicted molar refractivity (Wildman–Crippen MR) is 96.4 cm³/mol. The molecule has 1 unspecified atom stereocenters. The van der Waals surface area contributed by atoms with E-state index in [9.17, 15) is 4.79 Å². The molecule has 0 bridgehead atoms. The van der Waals surface area contributed by atoms with E-state index >= 15 is 0 Å². The van der Waals surface area contributed by atoms with Gasteiger partial charge in [-0.1, -0.05) is 13.8 Å². The van der Waals surface area contributed by atoms with Gasteiger partial charge in [-0.15, -0.1) is 0 Å². The molecule has 0 saturated carbocycles. The van der Waals surface area contributed by atoms with Crippen molar-refractivity contribution in [2.24, 2.45) is 10.9 Å². The number of likely N-dealkylation sites (tertiary alicyclic amines) is 1. The molecule has 1 amide bonds. The van der Waals surface area contributed by atoms with Gasteiger partial charge in [-0.2, -0.15) is 0 Å². The molecule has 0 aromatic carbocycles. The van der Waals surface area contributed by atoms with Crippen LogP contribution < -0.4 is 10.6 Å². The maximum Gasteiger partial charge on any atom is 0.407 e. The fourth-order valence-electron chi connectivity index (χ4n) is 2.43. The van der Waals surface area contributed by atoms with Gasteiger partial charge in [0.25, 0.3) is 0 Å². The number of alkyl carbamates (subject to hydrolysis) is 1. The van der Waals surface area contributed by atoms with Gasteiger partial charge in [0.05, 0.1) is 12.6 Å². The maximum atomic E-state index is 11.8. The van der Waals surface area contributed by atoms with Crippen LogP contribution in [0.25, 0.3) is 0 Å². The first-order valence-corrected chi connectivity index (χ1v) is 8.74. The molecule has 2 N–H and O–H groups in total. The first kappa shape index (κ1) is 20.5. The molecule has 7 nitrogen and oxygen atoms in total. The molecule has 0 aromatic rings. The van der Waals surface area contributed by atoms with Crippen LogP contribution in [0, 0.1) is 5.92 Å². The van der Waals surface area contributed by atoms with Gasteiger partial charge in [0.15, 0.2) is 5.96 Å². The lowest BCUT2D eigenvalue weighted by Gasteiger charge is -2.23. The largest absolute Gasteiger partial charge is 0.444 e. The van der Waals surface area contributed by atoms with E-state index in [-0.39, 0.29) is 12.1 Å². The average Bonchev–Trinajstić information content (AvgIpc) is 2.88. The number of rotatable bonds is 6. The molecule has 24 heavy (non-hydrogen) atoms. The van der Waals surface area contributed by atoms with Gasteiger partial charge in [-0.3, -0.25) is 4.99 Å². The summed E-state index contributed by atoms with van der Waals surface area (Å²) in [7, 11) is 1.77. The summed E-state index contributed by atoms with van der Waals surface area (Å²) >= 11 is 0. The van der Waals surface area contributed by atoms with Crippen LogP contribution >= 0.6 is 0 Å². The summed E-state index contributed by atoms with van der Waals surface area (Å²) in [6.07, 6.45) is 0.517. The molecule has 1 atom stereocenters. The highest BCUT2D eigenvalue weighted by Gasteiger charge is 2.27. The van der Waals surface area contributed by atoms with Crippen molar-refractivity contribution in [3.8, 4) is 0 Å². The molecule has 0 aliphatic carbocycles. The van der Waals surface area contributed by atoms with Crippen LogP contribution in [-0.4, -0.2) is 68.5 Å². The monoisotopic (exact) mass is 342 g/mol. The standard InChI is InChI=1S/C17H34N4O3/c1-13(2)12-23-10-8-19-15(18-6)21-9-7-14(11-21)20-16(22)24-17(3,4)5/h13-14H,7-12H2,1-6H3,(H,18,19)(H,20,22). The maximum absolute atomic E-state index is 11.8. The lowest BCUT2D eigenvalue weighted by atomic mass is 10.2. The Morgan fingerprint density at radius 3 is 2.67 bits per heavy atom. The second-order valence-electron chi connectivity index (χ2n) is 7.52. The number of ether oxygens (including phenoxy) is 2. The molecule has 1 heterocycles. The first-order chi connectivity index (χ1) is 11.2. The molecule has 0 spiro atoms. The summed E-state index contributed by atoms with van der Waals surface area (Å²) in [6.45, 7) is 13.6. The molecule has 1 fully saturated rings. The van der Waals surface area contributed by atoms with Gasteiger partial charge in [0.1, 0.15) is 5.60 Å². The second-order valence-corrected chi connectivity index (χ2v) is 7.52. The van der Waals surface area contributed by atoms with Crippen molar-refractivity contribution >= 4 is 12.1 Å². The Hall–Kier alpha value is -1.50. The molecular formula is C17H34N4O3. The minimum atomic E-state index is -0.476. The third-order valence-electron chi connectivity index (χ3n) is 3.40. The number of nitrogens with one attached hydrogen (secondary N) is 2. The Labute approximate surface area is 146 Å². The number of amides is 1. The van der Waals surface area contributed by atoms with E-state index in [4.69, 9.17) is 9.47 Å². The van der Waals surface area contributed by atoms with E-state index < -0.39 is 5.60 Å². The zero-order valence-corrected chi connectivity index (χ0v) is 16.0. The van der Waals surface area contributed by atoms with Crippen LogP contribution in [0.5, 0.6) is 0 Å². The van der Waals surface area contributed by atoms with Crippen molar-refractivity contribution in [1.29, 1.82) is 0 Å². The Morgan fingerprint density at radius 2 is 2.08 bits per heavy atom. The summed E-state index contributed by atoms with van der Waals surface area (Å²) in [5, 5.41) is 6.23. The Morgan fingerprint density at radius 1 is 1.38 bits per heavy atom. The highest BCUT2D eigenvalue weighted by Crippen LogP contribution is 2.11. The van der Waals surface area contributed by atoms with Crippen molar-refractivity contribution in [2.75, 3.05) is 39.9 Å². The number of hydrogen-bond acceptors (Lipinski definition) is 4. The fourth-order valence-corrected chi connectivity index (χ4v) is 2.43. The molecule has 1 rings (SSSR count). The van der Waals surface area contributed by atoms with Gasteiger partial charge in [0.2, 0.25) is 0 Å². The van der Waals surface area contributed by atoms with E-state index in [1.54, 1.807) is 7.05 Å². The molecule has 1 aliphatic rings. The van der Waals surface area contributed by atoms with Crippen molar-refractivity contribution in [2.45, 2.75) is 52.7 Å². The van der Waals surface area contributed by atoms with E-state index in [0.29, 0.717) is 12.5 Å². The molecule has 7 heteroatoms. The first-order valence-electron chi connectivity index (χ1n) is 8.74. The van der Waals surface area contributed by atoms with Crippen LogP contribution in [-0.2, 0) is 9.47 Å². The van der Waals surface area contributed by atoms with Gasteiger partial charge in [-0.05, 0) is 33.1 Å². The van der Waals surface area contributed by atoms with E-state index in [1.165, 1.54) is 0 Å². The van der Waals surface area contributed by atoms with Gasteiger partial charge < -0.3 is 25.0 Å². The van der Waals surface area contributed by atoms with E-state index in [0.717, 1.165) is 38.6 Å². The number of aliphatic imine (C=N–C) groups is 1. The number of nitrogens with zero attached hydrogens (tertiary/aromatic N) is 2. The van der Waals surface area contributed by atoms with Crippen molar-refractivity contribution in [3.05, 3.63) is 0 Å². The van der Waals surface area contributed by atoms with Crippen LogP contribution in [0.1, 0.15) is 41.0 Å². The lowest BCUT2D eigenvalue weighted by Crippen LogP contribution is -2.44. The molecule has 0 aromatic heterocycles. The molecule has 0 radical (unpaired) electrons. The molecule has 1 saturated heterocycles. The number of carbonyl (C=O) groups excluding carboxylic acids is 1. The van der Waals surface area contributed by atoms with Crippen LogP contribution in [0.4, 0.5) is 4.79 Å². The molecule has 1 aliphatic heterocycles.